The number of rotatable bonds is 5. The summed E-state index contributed by atoms with van der Waals surface area (Å²) < 4.78 is 0. The molecule has 1 saturated heterocycles. The van der Waals surface area contributed by atoms with Crippen molar-refractivity contribution in [2.45, 2.75) is 53.4 Å². The summed E-state index contributed by atoms with van der Waals surface area (Å²) in [5, 5.41) is 6.43. The highest BCUT2D eigenvalue weighted by Crippen LogP contribution is 2.24. The number of piperidine rings is 1. The summed E-state index contributed by atoms with van der Waals surface area (Å²) in [5.41, 5.74) is 0.266. The van der Waals surface area contributed by atoms with Crippen LogP contribution in [0, 0.1) is 17.3 Å². The van der Waals surface area contributed by atoms with E-state index in [4.69, 9.17) is 0 Å². The summed E-state index contributed by atoms with van der Waals surface area (Å²) in [6.07, 6.45) is 4.20. The molecule has 1 aliphatic rings. The molecule has 0 aliphatic carbocycles. The molecule has 1 unspecified atom stereocenters. The molecule has 0 radical (unpaired) electrons. The van der Waals surface area contributed by atoms with Crippen molar-refractivity contribution in [2.24, 2.45) is 17.3 Å². The molecule has 1 atom stereocenters. The molecule has 0 saturated carbocycles. The Morgan fingerprint density at radius 2 is 1.94 bits per heavy atom. The first-order valence-electron chi connectivity index (χ1n) is 7.37. The molecule has 0 aromatic rings. The van der Waals surface area contributed by atoms with Crippen molar-refractivity contribution >= 4 is 5.91 Å². The number of amides is 1. The van der Waals surface area contributed by atoms with Crippen LogP contribution in [0.2, 0.25) is 0 Å². The fraction of sp³-hybridized carbons (Fsp3) is 0.933. The lowest BCUT2D eigenvalue weighted by Gasteiger charge is -2.27. The molecule has 1 fully saturated rings. The third-order valence-corrected chi connectivity index (χ3v) is 4.32. The molecule has 0 spiro atoms. The van der Waals surface area contributed by atoms with E-state index in [1.54, 1.807) is 0 Å². The molecule has 1 heterocycles. The highest BCUT2D eigenvalue weighted by molar-refractivity contribution is 5.75. The topological polar surface area (TPSA) is 41.1 Å². The van der Waals surface area contributed by atoms with Gasteiger partial charge in [-0.15, -0.1) is 0 Å². The van der Waals surface area contributed by atoms with Crippen molar-refractivity contribution in [1.82, 2.24) is 10.6 Å². The van der Waals surface area contributed by atoms with E-state index in [1.165, 1.54) is 12.8 Å². The number of carbonyl (C=O) groups is 1. The molecule has 1 amide bonds. The quantitative estimate of drug-likeness (QED) is 0.791. The molecule has 0 aromatic carbocycles. The van der Waals surface area contributed by atoms with E-state index >= 15 is 0 Å². The van der Waals surface area contributed by atoms with E-state index in [2.05, 4.69) is 38.3 Å². The van der Waals surface area contributed by atoms with Crippen molar-refractivity contribution in [2.75, 3.05) is 19.6 Å². The molecule has 0 bridgehead atoms. The van der Waals surface area contributed by atoms with Gasteiger partial charge in [-0.3, -0.25) is 4.79 Å². The average molecular weight is 254 g/mol. The Morgan fingerprint density at radius 3 is 2.50 bits per heavy atom. The lowest BCUT2D eigenvalue weighted by molar-refractivity contribution is -0.121. The second-order valence-corrected chi connectivity index (χ2v) is 6.80. The molecule has 3 heteroatoms. The van der Waals surface area contributed by atoms with Crippen molar-refractivity contribution < 1.29 is 4.79 Å². The van der Waals surface area contributed by atoms with Crippen LogP contribution in [0.1, 0.15) is 53.4 Å². The van der Waals surface area contributed by atoms with Gasteiger partial charge in [0.25, 0.3) is 0 Å². The van der Waals surface area contributed by atoms with Crippen LogP contribution in [0.15, 0.2) is 0 Å². The van der Waals surface area contributed by atoms with Gasteiger partial charge >= 0.3 is 0 Å². The van der Waals surface area contributed by atoms with Gasteiger partial charge in [0, 0.05) is 13.0 Å². The van der Waals surface area contributed by atoms with Gasteiger partial charge in [0.1, 0.15) is 0 Å². The maximum atomic E-state index is 11.8. The molecule has 1 rings (SSSR count). The maximum Gasteiger partial charge on any atom is 0.220 e. The molecule has 18 heavy (non-hydrogen) atoms. The third-order valence-electron chi connectivity index (χ3n) is 4.32. The van der Waals surface area contributed by atoms with E-state index < -0.39 is 0 Å². The number of carbonyl (C=O) groups excluding carboxylic acids is 1. The minimum atomic E-state index is 0.227. The third kappa shape index (κ3) is 5.85. The first kappa shape index (κ1) is 15.5. The Balaban J connectivity index is 2.13. The van der Waals surface area contributed by atoms with Crippen LogP contribution in [0.3, 0.4) is 0 Å². The second kappa shape index (κ2) is 7.13. The Bertz CT molecular complexity index is 252. The van der Waals surface area contributed by atoms with E-state index in [1.807, 2.05) is 0 Å². The molecule has 106 valence electrons. The van der Waals surface area contributed by atoms with E-state index in [0.29, 0.717) is 12.3 Å². The lowest BCUT2D eigenvalue weighted by atomic mass is 9.82. The summed E-state index contributed by atoms with van der Waals surface area (Å²) in [5.74, 6) is 1.49. The average Bonchev–Trinajstić information content (AvgIpc) is 2.33. The molecular formula is C15H30N2O. The van der Waals surface area contributed by atoms with Crippen LogP contribution < -0.4 is 10.6 Å². The van der Waals surface area contributed by atoms with Gasteiger partial charge in [0.05, 0.1) is 0 Å². The van der Waals surface area contributed by atoms with Gasteiger partial charge in [0.15, 0.2) is 0 Å². The Hall–Kier alpha value is -0.570. The van der Waals surface area contributed by atoms with Crippen molar-refractivity contribution in [1.29, 1.82) is 0 Å². The fourth-order valence-electron chi connectivity index (χ4n) is 2.17. The molecule has 2 N–H and O–H groups in total. The summed E-state index contributed by atoms with van der Waals surface area (Å²) in [6, 6.07) is 0. The number of hydrogen-bond donors (Lipinski definition) is 2. The monoisotopic (exact) mass is 254 g/mol. The van der Waals surface area contributed by atoms with E-state index in [-0.39, 0.29) is 11.3 Å². The fourth-order valence-corrected chi connectivity index (χ4v) is 2.17. The number of hydrogen-bond acceptors (Lipinski definition) is 2. The first-order chi connectivity index (χ1) is 8.39. The zero-order valence-electron chi connectivity index (χ0n) is 12.5. The van der Waals surface area contributed by atoms with Crippen LogP contribution in [0.4, 0.5) is 0 Å². The highest BCUT2D eigenvalue weighted by atomic mass is 16.1. The minimum Gasteiger partial charge on any atom is -0.356 e. The van der Waals surface area contributed by atoms with Gasteiger partial charge in [-0.1, -0.05) is 27.7 Å². The van der Waals surface area contributed by atoms with Gasteiger partial charge in [-0.05, 0) is 49.6 Å². The summed E-state index contributed by atoms with van der Waals surface area (Å²) in [7, 11) is 0. The van der Waals surface area contributed by atoms with Gasteiger partial charge < -0.3 is 10.6 Å². The zero-order valence-corrected chi connectivity index (χ0v) is 12.5. The largest absolute Gasteiger partial charge is 0.356 e. The van der Waals surface area contributed by atoms with Crippen LogP contribution in [0.25, 0.3) is 0 Å². The first-order valence-corrected chi connectivity index (χ1v) is 7.37. The Labute approximate surface area is 112 Å². The zero-order chi connectivity index (χ0) is 13.6. The van der Waals surface area contributed by atoms with Crippen molar-refractivity contribution in [3.63, 3.8) is 0 Å². The molecule has 0 aromatic heterocycles. The second-order valence-electron chi connectivity index (χ2n) is 6.80. The smallest absolute Gasteiger partial charge is 0.220 e. The standard InChI is InChI=1S/C15H30N2O/c1-12(15(2,3)4)11-17-14(18)6-5-13-7-9-16-10-8-13/h12-13,16H,5-11H2,1-4H3,(H,17,18). The van der Waals surface area contributed by atoms with Gasteiger partial charge in [0.2, 0.25) is 5.91 Å². The van der Waals surface area contributed by atoms with Crippen LogP contribution >= 0.6 is 0 Å². The maximum absolute atomic E-state index is 11.8. The summed E-state index contributed by atoms with van der Waals surface area (Å²) in [4.78, 5) is 11.8. The molecule has 1 aliphatic heterocycles. The minimum absolute atomic E-state index is 0.227. The Morgan fingerprint density at radius 1 is 1.33 bits per heavy atom. The normalized spacial score (nSPS) is 19.6. The van der Waals surface area contributed by atoms with E-state index in [9.17, 15) is 4.79 Å². The van der Waals surface area contributed by atoms with Crippen LogP contribution in [-0.4, -0.2) is 25.5 Å². The lowest BCUT2D eigenvalue weighted by Crippen LogP contribution is -2.34. The SMILES string of the molecule is CC(CNC(=O)CCC1CCNCC1)C(C)(C)C. The number of nitrogens with one attached hydrogen (secondary N) is 2. The van der Waals surface area contributed by atoms with Gasteiger partial charge in [-0.2, -0.15) is 0 Å². The summed E-state index contributed by atoms with van der Waals surface area (Å²) in [6.45, 7) is 11.9. The Kier molecular flexibility index (Phi) is 6.13. The van der Waals surface area contributed by atoms with Crippen molar-refractivity contribution in [3.8, 4) is 0 Å². The van der Waals surface area contributed by atoms with Gasteiger partial charge in [-0.25, -0.2) is 0 Å². The van der Waals surface area contributed by atoms with Crippen LogP contribution in [0.5, 0.6) is 0 Å². The predicted octanol–water partition coefficient (Wildman–Crippen LogP) is 2.56. The van der Waals surface area contributed by atoms with Crippen molar-refractivity contribution in [3.05, 3.63) is 0 Å². The van der Waals surface area contributed by atoms with E-state index in [0.717, 1.165) is 32.0 Å². The molecular weight excluding hydrogens is 224 g/mol. The molecule has 3 nitrogen and oxygen atoms in total. The highest BCUT2D eigenvalue weighted by Gasteiger charge is 2.20. The van der Waals surface area contributed by atoms with Crippen LogP contribution in [-0.2, 0) is 4.79 Å². The summed E-state index contributed by atoms with van der Waals surface area (Å²) >= 11 is 0. The predicted molar refractivity (Wildman–Crippen MR) is 76.5 cm³/mol.